The SMILES string of the molecule is CNC1CCN(C(=O)Cn2nnc(-c3ccccc3)n2)CC1.Cl. The van der Waals surface area contributed by atoms with Crippen LogP contribution in [0.3, 0.4) is 0 Å². The molecule has 0 bridgehead atoms. The normalized spacial score (nSPS) is 15.3. The lowest BCUT2D eigenvalue weighted by Crippen LogP contribution is -2.45. The number of piperidine rings is 1. The lowest BCUT2D eigenvalue weighted by Gasteiger charge is -2.31. The summed E-state index contributed by atoms with van der Waals surface area (Å²) in [6, 6.07) is 10.1. The molecule has 0 aliphatic carbocycles. The van der Waals surface area contributed by atoms with E-state index in [4.69, 9.17) is 0 Å². The number of rotatable bonds is 4. The average Bonchev–Trinajstić information content (AvgIpc) is 3.04. The van der Waals surface area contributed by atoms with Crippen LogP contribution in [0.15, 0.2) is 30.3 Å². The minimum absolute atomic E-state index is 0. The number of likely N-dealkylation sites (tertiary alicyclic amines) is 1. The molecule has 2 heterocycles. The van der Waals surface area contributed by atoms with Crippen molar-refractivity contribution < 1.29 is 4.79 Å². The first-order chi connectivity index (χ1) is 10.8. The van der Waals surface area contributed by atoms with Gasteiger partial charge in [0, 0.05) is 24.7 Å². The Hall–Kier alpha value is -1.99. The van der Waals surface area contributed by atoms with Crippen molar-refractivity contribution in [3.05, 3.63) is 30.3 Å². The van der Waals surface area contributed by atoms with Gasteiger partial charge in [0.05, 0.1) is 0 Å². The van der Waals surface area contributed by atoms with Crippen LogP contribution in [0, 0.1) is 0 Å². The van der Waals surface area contributed by atoms with Gasteiger partial charge in [-0.25, -0.2) is 0 Å². The monoisotopic (exact) mass is 336 g/mol. The number of benzene rings is 1. The van der Waals surface area contributed by atoms with E-state index in [0.29, 0.717) is 11.9 Å². The summed E-state index contributed by atoms with van der Waals surface area (Å²) in [6.45, 7) is 1.71. The number of carbonyl (C=O) groups is 1. The van der Waals surface area contributed by atoms with E-state index in [-0.39, 0.29) is 24.9 Å². The summed E-state index contributed by atoms with van der Waals surface area (Å²) in [5, 5.41) is 15.5. The van der Waals surface area contributed by atoms with Crippen LogP contribution in [-0.2, 0) is 11.3 Å². The van der Waals surface area contributed by atoms with Crippen LogP contribution in [0.5, 0.6) is 0 Å². The van der Waals surface area contributed by atoms with Crippen LogP contribution in [0.4, 0.5) is 0 Å². The summed E-state index contributed by atoms with van der Waals surface area (Å²) in [6.07, 6.45) is 1.98. The molecule has 1 aliphatic heterocycles. The van der Waals surface area contributed by atoms with Gasteiger partial charge in [-0.05, 0) is 25.1 Å². The molecule has 23 heavy (non-hydrogen) atoms. The van der Waals surface area contributed by atoms with Gasteiger partial charge in [0.1, 0.15) is 6.54 Å². The predicted octanol–water partition coefficient (Wildman–Crippen LogP) is 0.972. The molecule has 1 aromatic carbocycles. The molecule has 1 aromatic heterocycles. The second-order valence-electron chi connectivity index (χ2n) is 5.45. The molecule has 1 aliphatic rings. The molecule has 0 saturated carbocycles. The molecule has 1 fully saturated rings. The quantitative estimate of drug-likeness (QED) is 0.900. The van der Waals surface area contributed by atoms with E-state index in [1.54, 1.807) is 0 Å². The third-order valence-electron chi connectivity index (χ3n) is 4.02. The highest BCUT2D eigenvalue weighted by atomic mass is 35.5. The van der Waals surface area contributed by atoms with Crippen molar-refractivity contribution in [2.24, 2.45) is 0 Å². The smallest absolute Gasteiger partial charge is 0.246 e. The van der Waals surface area contributed by atoms with Crippen molar-refractivity contribution >= 4 is 18.3 Å². The van der Waals surface area contributed by atoms with E-state index >= 15 is 0 Å². The van der Waals surface area contributed by atoms with E-state index < -0.39 is 0 Å². The predicted molar refractivity (Wildman–Crippen MR) is 89.2 cm³/mol. The molecule has 2 aromatic rings. The zero-order valence-electron chi connectivity index (χ0n) is 13.1. The second-order valence-corrected chi connectivity index (χ2v) is 5.45. The van der Waals surface area contributed by atoms with Crippen LogP contribution >= 0.6 is 12.4 Å². The van der Waals surface area contributed by atoms with Crippen LogP contribution in [-0.4, -0.2) is 57.2 Å². The molecule has 8 heteroatoms. The fourth-order valence-electron chi connectivity index (χ4n) is 2.65. The van der Waals surface area contributed by atoms with Crippen LogP contribution < -0.4 is 5.32 Å². The van der Waals surface area contributed by atoms with Crippen molar-refractivity contribution in [1.82, 2.24) is 30.4 Å². The number of halogens is 1. The summed E-state index contributed by atoms with van der Waals surface area (Å²) in [7, 11) is 1.96. The number of amides is 1. The second kappa shape index (κ2) is 8.03. The van der Waals surface area contributed by atoms with Gasteiger partial charge in [-0.15, -0.1) is 22.6 Å². The number of nitrogens with one attached hydrogen (secondary N) is 1. The summed E-state index contributed by atoms with van der Waals surface area (Å²) in [5.74, 6) is 0.592. The Morgan fingerprint density at radius 3 is 2.61 bits per heavy atom. The zero-order chi connectivity index (χ0) is 15.4. The minimum Gasteiger partial charge on any atom is -0.341 e. The Morgan fingerprint density at radius 2 is 1.96 bits per heavy atom. The lowest BCUT2D eigenvalue weighted by molar-refractivity contribution is -0.133. The highest BCUT2D eigenvalue weighted by molar-refractivity contribution is 5.85. The van der Waals surface area contributed by atoms with Gasteiger partial charge in [0.25, 0.3) is 0 Å². The van der Waals surface area contributed by atoms with Crippen molar-refractivity contribution in [1.29, 1.82) is 0 Å². The van der Waals surface area contributed by atoms with Crippen molar-refractivity contribution in [2.75, 3.05) is 20.1 Å². The fourth-order valence-corrected chi connectivity index (χ4v) is 2.65. The number of aromatic nitrogens is 4. The molecule has 0 spiro atoms. The van der Waals surface area contributed by atoms with E-state index in [2.05, 4.69) is 20.7 Å². The zero-order valence-corrected chi connectivity index (χ0v) is 13.9. The van der Waals surface area contributed by atoms with Gasteiger partial charge in [0.15, 0.2) is 0 Å². The molecule has 3 rings (SSSR count). The van der Waals surface area contributed by atoms with E-state index in [1.165, 1.54) is 4.80 Å². The molecule has 0 radical (unpaired) electrons. The molecular formula is C15H21ClN6O. The third-order valence-corrected chi connectivity index (χ3v) is 4.02. The molecule has 1 N–H and O–H groups in total. The largest absolute Gasteiger partial charge is 0.341 e. The van der Waals surface area contributed by atoms with Crippen molar-refractivity contribution in [3.8, 4) is 11.4 Å². The number of carbonyl (C=O) groups excluding carboxylic acids is 1. The highest BCUT2D eigenvalue weighted by Crippen LogP contribution is 2.13. The van der Waals surface area contributed by atoms with E-state index in [1.807, 2.05) is 42.3 Å². The number of nitrogens with zero attached hydrogens (tertiary/aromatic N) is 5. The van der Waals surface area contributed by atoms with Gasteiger partial charge in [-0.3, -0.25) is 4.79 Å². The first kappa shape index (κ1) is 17.4. The maximum absolute atomic E-state index is 12.3. The van der Waals surface area contributed by atoms with Crippen LogP contribution in [0.1, 0.15) is 12.8 Å². The Morgan fingerprint density at radius 1 is 1.26 bits per heavy atom. The van der Waals surface area contributed by atoms with Crippen LogP contribution in [0.25, 0.3) is 11.4 Å². The summed E-state index contributed by atoms with van der Waals surface area (Å²) >= 11 is 0. The Bertz CT molecular complexity index is 624. The van der Waals surface area contributed by atoms with Crippen LogP contribution in [0.2, 0.25) is 0 Å². The third kappa shape index (κ3) is 4.27. The Labute approximate surface area is 141 Å². The molecule has 0 unspecified atom stereocenters. The number of hydrogen-bond acceptors (Lipinski definition) is 5. The van der Waals surface area contributed by atoms with Gasteiger partial charge < -0.3 is 10.2 Å². The number of hydrogen-bond donors (Lipinski definition) is 1. The Balaban J connectivity index is 0.00000192. The van der Waals surface area contributed by atoms with Gasteiger partial charge in [-0.2, -0.15) is 4.80 Å². The summed E-state index contributed by atoms with van der Waals surface area (Å²) < 4.78 is 0. The van der Waals surface area contributed by atoms with Gasteiger partial charge >= 0.3 is 0 Å². The molecular weight excluding hydrogens is 316 g/mol. The first-order valence-electron chi connectivity index (χ1n) is 7.54. The Kier molecular flexibility index (Phi) is 6.06. The summed E-state index contributed by atoms with van der Waals surface area (Å²) in [4.78, 5) is 15.5. The first-order valence-corrected chi connectivity index (χ1v) is 7.54. The molecule has 1 saturated heterocycles. The molecule has 1 amide bonds. The maximum Gasteiger partial charge on any atom is 0.246 e. The van der Waals surface area contributed by atoms with Gasteiger partial charge in [0.2, 0.25) is 11.7 Å². The lowest BCUT2D eigenvalue weighted by atomic mass is 10.1. The van der Waals surface area contributed by atoms with E-state index in [0.717, 1.165) is 31.5 Å². The highest BCUT2D eigenvalue weighted by Gasteiger charge is 2.22. The standard InChI is InChI=1S/C15H20N6O.ClH/c1-16-13-7-9-20(10-8-13)14(22)11-21-18-15(17-19-21)12-5-3-2-4-6-12;/h2-6,13,16H,7-11H2,1H3;1H. The topological polar surface area (TPSA) is 75.9 Å². The molecule has 124 valence electrons. The number of tetrazole rings is 1. The van der Waals surface area contributed by atoms with Crippen molar-refractivity contribution in [2.45, 2.75) is 25.4 Å². The maximum atomic E-state index is 12.3. The van der Waals surface area contributed by atoms with Gasteiger partial charge in [-0.1, -0.05) is 30.3 Å². The molecule has 7 nitrogen and oxygen atoms in total. The minimum atomic E-state index is 0. The fraction of sp³-hybridized carbons (Fsp3) is 0.467. The van der Waals surface area contributed by atoms with E-state index in [9.17, 15) is 4.79 Å². The molecule has 0 atom stereocenters. The summed E-state index contributed by atoms with van der Waals surface area (Å²) in [5.41, 5.74) is 0.899. The average molecular weight is 337 g/mol. The van der Waals surface area contributed by atoms with Crippen molar-refractivity contribution in [3.63, 3.8) is 0 Å².